The Morgan fingerprint density at radius 2 is 2.41 bits per heavy atom. The number of ether oxygens (including phenoxy) is 1. The fraction of sp³-hybridized carbons (Fsp3) is 0.636. The van der Waals surface area contributed by atoms with Gasteiger partial charge in [0, 0.05) is 19.7 Å². The molecule has 1 aromatic heterocycles. The molecule has 0 aliphatic heterocycles. The van der Waals surface area contributed by atoms with Gasteiger partial charge in [-0.05, 0) is 25.4 Å². The molecule has 0 bridgehead atoms. The van der Waals surface area contributed by atoms with Crippen LogP contribution in [0.1, 0.15) is 19.1 Å². The molecule has 17 heavy (non-hydrogen) atoms. The van der Waals surface area contributed by atoms with Crippen molar-refractivity contribution in [3.05, 3.63) is 11.8 Å². The number of carbonyl (C=O) groups excluding carboxylic acids is 1. The summed E-state index contributed by atoms with van der Waals surface area (Å²) in [5.74, 6) is 0.779. The monoisotopic (exact) mass is 242 g/mol. The number of aryl methyl sites for hydroxylation is 1. The van der Waals surface area contributed by atoms with Gasteiger partial charge in [-0.2, -0.15) is 0 Å². The molecule has 1 unspecified atom stereocenters. The molecule has 6 heteroatoms. The number of likely N-dealkylation sites (N-methyl/N-ethyl adjacent to an activating group) is 1. The van der Waals surface area contributed by atoms with Crippen LogP contribution in [-0.4, -0.2) is 47.4 Å². The van der Waals surface area contributed by atoms with Crippen LogP contribution >= 0.6 is 0 Å². The topological polar surface area (TPSA) is 75.8 Å². The fourth-order valence-corrected chi connectivity index (χ4v) is 1.16. The highest BCUT2D eigenvalue weighted by Crippen LogP contribution is 2.09. The molecule has 0 spiro atoms. The summed E-state index contributed by atoms with van der Waals surface area (Å²) in [4.78, 5) is 13.1. The van der Waals surface area contributed by atoms with Crippen LogP contribution in [-0.2, 0) is 4.79 Å². The molecule has 1 atom stereocenters. The lowest BCUT2D eigenvalue weighted by Crippen LogP contribution is -2.33. The van der Waals surface area contributed by atoms with Crippen molar-refractivity contribution in [2.45, 2.75) is 26.4 Å². The SMILES string of the molecule is Cc1cc(OCC(=O)N(C)CCC(C)O)no1. The summed E-state index contributed by atoms with van der Waals surface area (Å²) in [5, 5.41) is 12.7. The Bertz CT molecular complexity index is 362. The molecule has 0 radical (unpaired) electrons. The predicted octanol–water partition coefficient (Wildman–Crippen LogP) is 0.591. The van der Waals surface area contributed by atoms with E-state index in [1.807, 2.05) is 0 Å². The molecular formula is C11H18N2O4. The molecule has 0 fully saturated rings. The highest BCUT2D eigenvalue weighted by molar-refractivity contribution is 5.77. The molecule has 1 amide bonds. The molecule has 0 aromatic carbocycles. The van der Waals surface area contributed by atoms with Crippen LogP contribution in [0.2, 0.25) is 0 Å². The lowest BCUT2D eigenvalue weighted by atomic mass is 10.3. The average molecular weight is 242 g/mol. The summed E-state index contributed by atoms with van der Waals surface area (Å²) in [7, 11) is 1.67. The second kappa shape index (κ2) is 6.24. The number of carbonyl (C=O) groups is 1. The van der Waals surface area contributed by atoms with Crippen LogP contribution in [0.5, 0.6) is 5.88 Å². The minimum atomic E-state index is -0.413. The number of amides is 1. The zero-order valence-electron chi connectivity index (χ0n) is 10.3. The Kier molecular flexibility index (Phi) is 4.96. The van der Waals surface area contributed by atoms with Crippen molar-refractivity contribution in [2.24, 2.45) is 0 Å². The molecule has 1 heterocycles. The number of aliphatic hydroxyl groups excluding tert-OH is 1. The van der Waals surface area contributed by atoms with Crippen molar-refractivity contribution < 1.29 is 19.2 Å². The fourth-order valence-electron chi connectivity index (χ4n) is 1.16. The molecule has 1 aromatic rings. The summed E-state index contributed by atoms with van der Waals surface area (Å²) in [6, 6.07) is 1.61. The van der Waals surface area contributed by atoms with E-state index in [1.54, 1.807) is 27.0 Å². The van der Waals surface area contributed by atoms with Crippen molar-refractivity contribution in [3.63, 3.8) is 0 Å². The number of hydrogen-bond acceptors (Lipinski definition) is 5. The van der Waals surface area contributed by atoms with E-state index in [0.717, 1.165) is 0 Å². The molecule has 1 N–H and O–H groups in total. The molecule has 6 nitrogen and oxygen atoms in total. The van der Waals surface area contributed by atoms with Gasteiger partial charge in [-0.1, -0.05) is 0 Å². The van der Waals surface area contributed by atoms with Crippen LogP contribution in [0.25, 0.3) is 0 Å². The lowest BCUT2D eigenvalue weighted by Gasteiger charge is -2.17. The Labute approximate surface area is 100 Å². The largest absolute Gasteiger partial charge is 0.465 e. The van der Waals surface area contributed by atoms with Crippen LogP contribution in [0.15, 0.2) is 10.6 Å². The van der Waals surface area contributed by atoms with Crippen molar-refractivity contribution >= 4 is 5.91 Å². The number of aromatic nitrogens is 1. The molecular weight excluding hydrogens is 224 g/mol. The molecule has 0 aliphatic carbocycles. The van der Waals surface area contributed by atoms with Gasteiger partial charge in [0.15, 0.2) is 6.61 Å². The van der Waals surface area contributed by atoms with Crippen molar-refractivity contribution in [3.8, 4) is 5.88 Å². The molecule has 1 rings (SSSR count). The van der Waals surface area contributed by atoms with Crippen molar-refractivity contribution in [1.82, 2.24) is 10.1 Å². The van der Waals surface area contributed by atoms with Crippen molar-refractivity contribution in [2.75, 3.05) is 20.2 Å². The first-order valence-corrected chi connectivity index (χ1v) is 5.47. The number of aliphatic hydroxyl groups is 1. The Hall–Kier alpha value is -1.56. The van der Waals surface area contributed by atoms with Crippen LogP contribution in [0.3, 0.4) is 0 Å². The first-order valence-electron chi connectivity index (χ1n) is 5.47. The third-order valence-electron chi connectivity index (χ3n) is 2.26. The van der Waals surface area contributed by atoms with Gasteiger partial charge >= 0.3 is 0 Å². The highest BCUT2D eigenvalue weighted by atomic mass is 16.5. The van der Waals surface area contributed by atoms with E-state index in [0.29, 0.717) is 24.6 Å². The quantitative estimate of drug-likeness (QED) is 0.790. The minimum absolute atomic E-state index is 0.0811. The molecule has 96 valence electrons. The first kappa shape index (κ1) is 13.5. The summed E-state index contributed by atoms with van der Waals surface area (Å²) < 4.78 is 9.96. The normalized spacial score (nSPS) is 12.2. The van der Waals surface area contributed by atoms with E-state index in [2.05, 4.69) is 5.16 Å². The summed E-state index contributed by atoms with van der Waals surface area (Å²) >= 11 is 0. The average Bonchev–Trinajstić information content (AvgIpc) is 2.68. The van der Waals surface area contributed by atoms with Gasteiger partial charge in [-0.15, -0.1) is 0 Å². The van der Waals surface area contributed by atoms with E-state index in [4.69, 9.17) is 14.4 Å². The standard InChI is InChI=1S/C11H18N2O4/c1-8(14)4-5-13(3)11(15)7-16-10-6-9(2)17-12-10/h6,8,14H,4-5,7H2,1-3H3. The number of rotatable bonds is 6. The van der Waals surface area contributed by atoms with Crippen LogP contribution in [0.4, 0.5) is 0 Å². The predicted molar refractivity (Wildman–Crippen MR) is 60.7 cm³/mol. The van der Waals surface area contributed by atoms with Gasteiger partial charge in [-0.3, -0.25) is 4.79 Å². The Balaban J connectivity index is 2.29. The lowest BCUT2D eigenvalue weighted by molar-refractivity contribution is -0.132. The maximum atomic E-state index is 11.6. The minimum Gasteiger partial charge on any atom is -0.465 e. The summed E-state index contributed by atoms with van der Waals surface area (Å²) in [6.45, 7) is 3.85. The van der Waals surface area contributed by atoms with Crippen LogP contribution in [0, 0.1) is 6.92 Å². The van der Waals surface area contributed by atoms with Gasteiger partial charge in [0.05, 0.1) is 6.10 Å². The van der Waals surface area contributed by atoms with Gasteiger partial charge in [-0.25, -0.2) is 0 Å². The summed E-state index contributed by atoms with van der Waals surface area (Å²) in [5.41, 5.74) is 0. The Morgan fingerprint density at radius 3 is 2.94 bits per heavy atom. The first-order chi connectivity index (χ1) is 7.99. The van der Waals surface area contributed by atoms with Crippen LogP contribution < -0.4 is 4.74 Å². The van der Waals surface area contributed by atoms with Gasteiger partial charge in [0.1, 0.15) is 5.76 Å². The zero-order chi connectivity index (χ0) is 12.8. The second-order valence-corrected chi connectivity index (χ2v) is 4.02. The third kappa shape index (κ3) is 4.86. The van der Waals surface area contributed by atoms with Gasteiger partial charge in [0.25, 0.3) is 11.8 Å². The van der Waals surface area contributed by atoms with E-state index in [-0.39, 0.29) is 12.5 Å². The van der Waals surface area contributed by atoms with Gasteiger partial charge in [0.2, 0.25) is 0 Å². The van der Waals surface area contributed by atoms with Gasteiger partial charge < -0.3 is 19.3 Å². The zero-order valence-corrected chi connectivity index (χ0v) is 10.3. The number of nitrogens with zero attached hydrogens (tertiary/aromatic N) is 2. The second-order valence-electron chi connectivity index (χ2n) is 4.02. The summed E-state index contributed by atoms with van der Waals surface area (Å²) in [6.07, 6.45) is 0.134. The smallest absolute Gasteiger partial charge is 0.260 e. The molecule has 0 saturated carbocycles. The molecule has 0 aliphatic rings. The van der Waals surface area contributed by atoms with E-state index >= 15 is 0 Å². The maximum absolute atomic E-state index is 11.6. The number of hydrogen-bond donors (Lipinski definition) is 1. The van der Waals surface area contributed by atoms with E-state index in [9.17, 15) is 4.79 Å². The highest BCUT2D eigenvalue weighted by Gasteiger charge is 2.11. The Morgan fingerprint density at radius 1 is 1.71 bits per heavy atom. The third-order valence-corrected chi connectivity index (χ3v) is 2.26. The molecule has 0 saturated heterocycles. The van der Waals surface area contributed by atoms with E-state index < -0.39 is 6.10 Å². The van der Waals surface area contributed by atoms with Crippen molar-refractivity contribution in [1.29, 1.82) is 0 Å². The maximum Gasteiger partial charge on any atom is 0.260 e. The van der Waals surface area contributed by atoms with E-state index in [1.165, 1.54) is 4.90 Å².